The van der Waals surface area contributed by atoms with E-state index in [0.717, 1.165) is 25.1 Å². The molecule has 0 aliphatic carbocycles. The van der Waals surface area contributed by atoms with E-state index in [1.807, 2.05) is 13.0 Å². The quantitative estimate of drug-likeness (QED) is 0.213. The highest BCUT2D eigenvalue weighted by molar-refractivity contribution is 14.0. The Labute approximate surface area is 182 Å². The van der Waals surface area contributed by atoms with Crippen LogP contribution in [0.2, 0.25) is 0 Å². The number of methoxy groups -OCH3 is 1. The van der Waals surface area contributed by atoms with Crippen LogP contribution in [0.4, 0.5) is 4.39 Å². The van der Waals surface area contributed by atoms with Crippen molar-refractivity contribution >= 4 is 29.9 Å². The van der Waals surface area contributed by atoms with Crippen LogP contribution in [0.1, 0.15) is 18.9 Å². The zero-order valence-electron chi connectivity index (χ0n) is 16.4. The molecular formula is C19H29FIN5O2. The van der Waals surface area contributed by atoms with Gasteiger partial charge in [-0.05, 0) is 31.0 Å². The largest absolute Gasteiger partial charge is 0.382 e. The number of ether oxygens (including phenoxy) is 2. The van der Waals surface area contributed by atoms with Crippen molar-refractivity contribution in [2.24, 2.45) is 4.99 Å². The van der Waals surface area contributed by atoms with Crippen LogP contribution in [0.5, 0.6) is 0 Å². The molecule has 1 aromatic carbocycles. The van der Waals surface area contributed by atoms with E-state index in [9.17, 15) is 4.39 Å². The average Bonchev–Trinajstić information content (AvgIpc) is 3.19. The zero-order chi connectivity index (χ0) is 19.3. The van der Waals surface area contributed by atoms with Crippen molar-refractivity contribution in [3.63, 3.8) is 0 Å². The van der Waals surface area contributed by atoms with E-state index in [-0.39, 0.29) is 29.8 Å². The summed E-state index contributed by atoms with van der Waals surface area (Å²) in [4.78, 5) is 8.45. The molecule has 0 spiro atoms. The molecule has 28 heavy (non-hydrogen) atoms. The Morgan fingerprint density at radius 3 is 2.79 bits per heavy atom. The number of benzene rings is 1. The summed E-state index contributed by atoms with van der Waals surface area (Å²) in [6, 6.07) is 5.11. The molecule has 0 radical (unpaired) electrons. The SMILES string of the molecule is CCNC(=NCc1ccc(-n2ccnc2)c(F)c1)NCCCOCCOC.I. The van der Waals surface area contributed by atoms with Crippen molar-refractivity contribution in [2.75, 3.05) is 40.0 Å². The second-order valence-corrected chi connectivity index (χ2v) is 5.84. The third-order valence-electron chi connectivity index (χ3n) is 3.75. The lowest BCUT2D eigenvalue weighted by atomic mass is 10.2. The first-order valence-electron chi connectivity index (χ1n) is 9.10. The van der Waals surface area contributed by atoms with Gasteiger partial charge in [0.1, 0.15) is 5.82 Å². The number of halogens is 2. The van der Waals surface area contributed by atoms with E-state index in [0.29, 0.717) is 38.0 Å². The van der Waals surface area contributed by atoms with Crippen LogP contribution in [0.3, 0.4) is 0 Å². The second kappa shape index (κ2) is 14.3. The summed E-state index contributed by atoms with van der Waals surface area (Å²) in [5, 5.41) is 6.44. The fourth-order valence-electron chi connectivity index (χ4n) is 2.40. The van der Waals surface area contributed by atoms with Crippen LogP contribution in [0.25, 0.3) is 5.69 Å². The minimum Gasteiger partial charge on any atom is -0.382 e. The number of hydrogen-bond acceptors (Lipinski definition) is 4. The summed E-state index contributed by atoms with van der Waals surface area (Å²) in [5.41, 5.74) is 1.27. The number of rotatable bonds is 11. The molecule has 2 rings (SSSR count). The van der Waals surface area contributed by atoms with Gasteiger partial charge in [-0.15, -0.1) is 24.0 Å². The Bertz CT molecular complexity index is 698. The molecular weight excluding hydrogens is 476 g/mol. The predicted octanol–water partition coefficient (Wildman–Crippen LogP) is 2.74. The van der Waals surface area contributed by atoms with Gasteiger partial charge in [-0.25, -0.2) is 14.4 Å². The number of aromatic nitrogens is 2. The first-order chi connectivity index (χ1) is 13.2. The van der Waals surface area contributed by atoms with Gasteiger partial charge in [0.25, 0.3) is 0 Å². The van der Waals surface area contributed by atoms with E-state index in [1.54, 1.807) is 36.5 Å². The monoisotopic (exact) mass is 505 g/mol. The van der Waals surface area contributed by atoms with Gasteiger partial charge in [0.15, 0.2) is 5.96 Å². The summed E-state index contributed by atoms with van der Waals surface area (Å²) in [5.74, 6) is 0.403. The van der Waals surface area contributed by atoms with Gasteiger partial charge in [-0.1, -0.05) is 6.07 Å². The molecule has 0 fully saturated rings. The van der Waals surface area contributed by atoms with Crippen molar-refractivity contribution in [3.05, 3.63) is 48.3 Å². The number of imidazole rings is 1. The van der Waals surface area contributed by atoms with Gasteiger partial charge in [0, 0.05) is 39.2 Å². The molecule has 0 aliphatic rings. The summed E-state index contributed by atoms with van der Waals surface area (Å²) in [7, 11) is 1.65. The maximum absolute atomic E-state index is 14.3. The molecule has 1 heterocycles. The Hall–Kier alpha value is -1.72. The van der Waals surface area contributed by atoms with Crippen molar-refractivity contribution in [3.8, 4) is 5.69 Å². The molecule has 156 valence electrons. The van der Waals surface area contributed by atoms with Gasteiger partial charge >= 0.3 is 0 Å². The topological polar surface area (TPSA) is 72.7 Å². The smallest absolute Gasteiger partial charge is 0.191 e. The maximum Gasteiger partial charge on any atom is 0.191 e. The van der Waals surface area contributed by atoms with Crippen LogP contribution < -0.4 is 10.6 Å². The van der Waals surface area contributed by atoms with E-state index >= 15 is 0 Å². The van der Waals surface area contributed by atoms with Crippen molar-refractivity contribution in [2.45, 2.75) is 19.9 Å². The standard InChI is InChI=1S/C19H28FN5O2.HI/c1-3-22-19(23-7-4-10-27-12-11-26-2)24-14-16-5-6-18(17(20)13-16)25-9-8-21-15-25;/h5-6,8-9,13,15H,3-4,7,10-12,14H2,1-2H3,(H2,22,23,24);1H. The van der Waals surface area contributed by atoms with Gasteiger partial charge in [-0.3, -0.25) is 0 Å². The Morgan fingerprint density at radius 1 is 1.25 bits per heavy atom. The summed E-state index contributed by atoms with van der Waals surface area (Å²) >= 11 is 0. The third kappa shape index (κ3) is 8.53. The molecule has 0 amide bonds. The lowest BCUT2D eigenvalue weighted by Gasteiger charge is -2.12. The molecule has 2 aromatic rings. The van der Waals surface area contributed by atoms with Crippen molar-refractivity contribution < 1.29 is 13.9 Å². The number of aliphatic imine (C=N–C) groups is 1. The second-order valence-electron chi connectivity index (χ2n) is 5.84. The predicted molar refractivity (Wildman–Crippen MR) is 119 cm³/mol. The van der Waals surface area contributed by atoms with Crippen molar-refractivity contribution in [1.82, 2.24) is 20.2 Å². The minimum atomic E-state index is -0.299. The van der Waals surface area contributed by atoms with Crippen LogP contribution in [-0.2, 0) is 16.0 Å². The van der Waals surface area contributed by atoms with Gasteiger partial charge in [0.05, 0.1) is 31.8 Å². The third-order valence-corrected chi connectivity index (χ3v) is 3.75. The number of nitrogens with zero attached hydrogens (tertiary/aromatic N) is 3. The number of nitrogens with one attached hydrogen (secondary N) is 2. The van der Waals surface area contributed by atoms with Gasteiger partial charge < -0.3 is 24.7 Å². The first-order valence-corrected chi connectivity index (χ1v) is 9.10. The summed E-state index contributed by atoms with van der Waals surface area (Å²) in [6.07, 6.45) is 5.77. The van der Waals surface area contributed by atoms with E-state index in [1.165, 1.54) is 6.07 Å². The molecule has 7 nitrogen and oxygen atoms in total. The molecule has 0 saturated carbocycles. The molecule has 0 aliphatic heterocycles. The van der Waals surface area contributed by atoms with Crippen LogP contribution in [-0.4, -0.2) is 55.5 Å². The van der Waals surface area contributed by atoms with E-state index < -0.39 is 0 Å². The van der Waals surface area contributed by atoms with Gasteiger partial charge in [-0.2, -0.15) is 0 Å². The Morgan fingerprint density at radius 2 is 2.11 bits per heavy atom. The highest BCUT2D eigenvalue weighted by Gasteiger charge is 2.05. The lowest BCUT2D eigenvalue weighted by Crippen LogP contribution is -2.38. The Balaban J connectivity index is 0.00000392. The Kier molecular flexibility index (Phi) is 12.4. The first kappa shape index (κ1) is 24.3. The van der Waals surface area contributed by atoms with E-state index in [2.05, 4.69) is 20.6 Å². The van der Waals surface area contributed by atoms with Crippen LogP contribution in [0, 0.1) is 5.82 Å². The minimum absolute atomic E-state index is 0. The molecule has 0 saturated heterocycles. The van der Waals surface area contributed by atoms with Gasteiger partial charge in [0.2, 0.25) is 0 Å². The molecule has 1 aromatic heterocycles. The molecule has 0 bridgehead atoms. The lowest BCUT2D eigenvalue weighted by molar-refractivity contribution is 0.0698. The number of hydrogen-bond donors (Lipinski definition) is 2. The molecule has 9 heteroatoms. The highest BCUT2D eigenvalue weighted by Crippen LogP contribution is 2.15. The number of guanidine groups is 1. The van der Waals surface area contributed by atoms with Crippen LogP contribution in [0.15, 0.2) is 41.9 Å². The fraction of sp³-hybridized carbons (Fsp3) is 0.474. The summed E-state index contributed by atoms with van der Waals surface area (Å²) < 4.78 is 26.3. The fourth-order valence-corrected chi connectivity index (χ4v) is 2.40. The highest BCUT2D eigenvalue weighted by atomic mass is 127. The molecule has 0 unspecified atom stereocenters. The normalized spacial score (nSPS) is 11.2. The van der Waals surface area contributed by atoms with Crippen molar-refractivity contribution in [1.29, 1.82) is 0 Å². The zero-order valence-corrected chi connectivity index (χ0v) is 18.7. The maximum atomic E-state index is 14.3. The summed E-state index contributed by atoms with van der Waals surface area (Å²) in [6.45, 7) is 5.76. The van der Waals surface area contributed by atoms with E-state index in [4.69, 9.17) is 9.47 Å². The molecule has 0 atom stereocenters. The molecule has 2 N–H and O–H groups in total. The van der Waals surface area contributed by atoms with Crippen LogP contribution >= 0.6 is 24.0 Å². The average molecular weight is 505 g/mol.